The van der Waals surface area contributed by atoms with Crippen molar-refractivity contribution in [3.63, 3.8) is 0 Å². The van der Waals surface area contributed by atoms with Crippen LogP contribution in [0.5, 0.6) is 0 Å². The molecule has 1 aliphatic heterocycles. The number of unbranched alkanes of at least 4 members (excludes halogenated alkanes) is 1. The Morgan fingerprint density at radius 1 is 0.791 bits per heavy atom. The molecule has 3 amide bonds. The summed E-state index contributed by atoms with van der Waals surface area (Å²) in [6.07, 6.45) is 1.96. The SMILES string of the molecule is CN(C)C(=O)NCc1ccccc1N1CCN(CCCCN(C)C(=O)c2cc(Cl)cc(Cl)c2)CC1.Clc1ccccc1Cl. The molecule has 1 heterocycles. The van der Waals surface area contributed by atoms with Crippen LogP contribution in [0.15, 0.2) is 66.7 Å². The molecule has 0 atom stereocenters. The quantitative estimate of drug-likeness (QED) is 0.241. The first kappa shape index (κ1) is 34.8. The van der Waals surface area contributed by atoms with Crippen LogP contribution in [-0.4, -0.2) is 87.0 Å². The molecular formula is C32H39Cl4N5O2. The lowest BCUT2D eigenvalue weighted by Crippen LogP contribution is -2.47. The number of halogens is 4. The van der Waals surface area contributed by atoms with Crippen molar-refractivity contribution in [3.8, 4) is 0 Å². The number of hydrogen-bond acceptors (Lipinski definition) is 4. The lowest BCUT2D eigenvalue weighted by molar-refractivity contribution is 0.0791. The number of carbonyl (C=O) groups excluding carboxylic acids is 2. The predicted octanol–water partition coefficient (Wildman–Crippen LogP) is 7.43. The van der Waals surface area contributed by atoms with Crippen molar-refractivity contribution < 1.29 is 9.59 Å². The van der Waals surface area contributed by atoms with Crippen molar-refractivity contribution in [1.82, 2.24) is 20.0 Å². The van der Waals surface area contributed by atoms with Gasteiger partial charge in [0, 0.05) is 81.7 Å². The number of piperazine rings is 1. The van der Waals surface area contributed by atoms with Crippen LogP contribution in [0.1, 0.15) is 28.8 Å². The van der Waals surface area contributed by atoms with E-state index in [4.69, 9.17) is 46.4 Å². The van der Waals surface area contributed by atoms with Crippen molar-refractivity contribution in [2.75, 3.05) is 65.3 Å². The Labute approximate surface area is 275 Å². The van der Waals surface area contributed by atoms with E-state index in [2.05, 4.69) is 27.2 Å². The van der Waals surface area contributed by atoms with Gasteiger partial charge in [-0.25, -0.2) is 4.79 Å². The van der Waals surface area contributed by atoms with Gasteiger partial charge in [-0.05, 0) is 61.3 Å². The Bertz CT molecular complexity index is 1310. The van der Waals surface area contributed by atoms with Crippen molar-refractivity contribution in [2.24, 2.45) is 0 Å². The van der Waals surface area contributed by atoms with Gasteiger partial charge in [0.05, 0.1) is 10.0 Å². The lowest BCUT2D eigenvalue weighted by atomic mass is 10.1. The number of benzene rings is 3. The van der Waals surface area contributed by atoms with Gasteiger partial charge in [0.25, 0.3) is 5.91 Å². The third-order valence-electron chi connectivity index (χ3n) is 7.04. The number of urea groups is 1. The number of carbonyl (C=O) groups is 2. The molecule has 0 radical (unpaired) electrons. The summed E-state index contributed by atoms with van der Waals surface area (Å²) in [5.41, 5.74) is 2.83. The molecular weight excluding hydrogens is 628 g/mol. The van der Waals surface area contributed by atoms with E-state index in [1.165, 1.54) is 5.69 Å². The number of rotatable bonds is 9. The molecule has 1 aliphatic rings. The van der Waals surface area contributed by atoms with E-state index in [1.807, 2.05) is 31.3 Å². The van der Waals surface area contributed by atoms with Gasteiger partial charge in [-0.2, -0.15) is 0 Å². The normalized spacial score (nSPS) is 13.1. The molecule has 232 valence electrons. The lowest BCUT2D eigenvalue weighted by Gasteiger charge is -2.37. The largest absolute Gasteiger partial charge is 0.369 e. The summed E-state index contributed by atoms with van der Waals surface area (Å²) in [6, 6.07) is 20.3. The molecule has 0 saturated carbocycles. The molecule has 0 aromatic heterocycles. The van der Waals surface area contributed by atoms with E-state index in [0.717, 1.165) is 51.1 Å². The third kappa shape index (κ3) is 11.4. The molecule has 43 heavy (non-hydrogen) atoms. The number of nitrogens with one attached hydrogen (secondary N) is 1. The number of amides is 3. The second kappa shape index (κ2) is 17.6. The van der Waals surface area contributed by atoms with Crippen molar-refractivity contribution in [2.45, 2.75) is 19.4 Å². The molecule has 7 nitrogen and oxygen atoms in total. The first-order valence-corrected chi connectivity index (χ1v) is 15.7. The van der Waals surface area contributed by atoms with Gasteiger partial charge in [0.15, 0.2) is 0 Å². The van der Waals surface area contributed by atoms with Crippen LogP contribution in [0.25, 0.3) is 0 Å². The highest BCUT2D eigenvalue weighted by Gasteiger charge is 2.19. The smallest absolute Gasteiger partial charge is 0.317 e. The topological polar surface area (TPSA) is 59.1 Å². The van der Waals surface area contributed by atoms with Gasteiger partial charge < -0.3 is 20.0 Å². The molecule has 0 aliphatic carbocycles. The average Bonchev–Trinajstić information content (AvgIpc) is 2.99. The molecule has 11 heteroatoms. The molecule has 1 fully saturated rings. The fourth-order valence-electron chi connectivity index (χ4n) is 4.63. The van der Waals surface area contributed by atoms with Crippen molar-refractivity contribution in [3.05, 3.63) is 97.9 Å². The molecule has 1 saturated heterocycles. The van der Waals surface area contributed by atoms with Gasteiger partial charge in [0.2, 0.25) is 0 Å². The Morgan fingerprint density at radius 2 is 1.37 bits per heavy atom. The minimum Gasteiger partial charge on any atom is -0.369 e. The van der Waals surface area contributed by atoms with E-state index in [9.17, 15) is 9.59 Å². The van der Waals surface area contributed by atoms with Crippen LogP contribution in [0, 0.1) is 0 Å². The highest BCUT2D eigenvalue weighted by atomic mass is 35.5. The minimum atomic E-state index is -0.0895. The Kier molecular flexibility index (Phi) is 14.2. The molecule has 0 unspecified atom stereocenters. The monoisotopic (exact) mass is 665 g/mol. The molecule has 3 aromatic rings. The number of para-hydroxylation sites is 1. The Hall–Kier alpha value is -2.68. The van der Waals surface area contributed by atoms with E-state index in [1.54, 1.807) is 54.2 Å². The zero-order chi connectivity index (χ0) is 31.4. The van der Waals surface area contributed by atoms with E-state index in [0.29, 0.717) is 38.7 Å². The van der Waals surface area contributed by atoms with Crippen LogP contribution in [0.4, 0.5) is 10.5 Å². The van der Waals surface area contributed by atoms with Gasteiger partial charge in [-0.15, -0.1) is 0 Å². The maximum atomic E-state index is 12.6. The van der Waals surface area contributed by atoms with Gasteiger partial charge >= 0.3 is 6.03 Å². The van der Waals surface area contributed by atoms with Crippen LogP contribution < -0.4 is 10.2 Å². The minimum absolute atomic E-state index is 0.0662. The zero-order valence-electron chi connectivity index (χ0n) is 24.8. The summed E-state index contributed by atoms with van der Waals surface area (Å²) in [6.45, 7) is 6.11. The van der Waals surface area contributed by atoms with Gasteiger partial charge in [-0.3, -0.25) is 9.69 Å². The van der Waals surface area contributed by atoms with Crippen molar-refractivity contribution in [1.29, 1.82) is 0 Å². The summed E-state index contributed by atoms with van der Waals surface area (Å²) in [4.78, 5) is 32.7. The predicted molar refractivity (Wildman–Crippen MR) is 180 cm³/mol. The molecule has 0 bridgehead atoms. The van der Waals surface area contributed by atoms with Gasteiger partial charge in [0.1, 0.15) is 0 Å². The third-order valence-corrected chi connectivity index (χ3v) is 8.23. The summed E-state index contributed by atoms with van der Waals surface area (Å²) < 4.78 is 0. The standard InChI is InChI=1S/C26H35Cl2N5O2.C6H4Cl2/c1-30(2)26(35)29-19-20-8-4-5-9-24(20)33-14-12-32(13-15-33)11-7-6-10-31(3)25(34)21-16-22(27)18-23(28)17-21;7-5-3-1-2-4-6(5)8/h4-5,8-9,16-18H,6-7,10-15,19H2,1-3H3,(H,29,35);1-4H. The fourth-order valence-corrected chi connectivity index (χ4v) is 5.43. The number of nitrogens with zero attached hydrogens (tertiary/aromatic N) is 4. The summed E-state index contributed by atoms with van der Waals surface area (Å²) >= 11 is 23.2. The van der Waals surface area contributed by atoms with E-state index >= 15 is 0 Å². The fraction of sp³-hybridized carbons (Fsp3) is 0.375. The summed E-state index contributed by atoms with van der Waals surface area (Å²) in [7, 11) is 5.30. The number of anilines is 1. The highest BCUT2D eigenvalue weighted by Crippen LogP contribution is 2.23. The highest BCUT2D eigenvalue weighted by molar-refractivity contribution is 6.41. The average molecular weight is 668 g/mol. The van der Waals surface area contributed by atoms with E-state index < -0.39 is 0 Å². The summed E-state index contributed by atoms with van der Waals surface area (Å²) in [5, 5.41) is 5.11. The first-order chi connectivity index (χ1) is 20.5. The molecule has 1 N–H and O–H groups in total. The Morgan fingerprint density at radius 3 is 1.95 bits per heavy atom. The molecule has 3 aromatic carbocycles. The van der Waals surface area contributed by atoms with Crippen LogP contribution in [0.2, 0.25) is 20.1 Å². The zero-order valence-corrected chi connectivity index (χ0v) is 27.9. The first-order valence-electron chi connectivity index (χ1n) is 14.2. The van der Waals surface area contributed by atoms with Crippen LogP contribution >= 0.6 is 46.4 Å². The maximum Gasteiger partial charge on any atom is 0.317 e. The molecule has 0 spiro atoms. The number of hydrogen-bond donors (Lipinski definition) is 1. The van der Waals surface area contributed by atoms with Crippen molar-refractivity contribution >= 4 is 64.0 Å². The van der Waals surface area contributed by atoms with E-state index in [-0.39, 0.29) is 11.9 Å². The second-order valence-corrected chi connectivity index (χ2v) is 12.2. The maximum absolute atomic E-state index is 12.6. The molecule has 4 rings (SSSR count). The Balaban J connectivity index is 0.000000546. The van der Waals surface area contributed by atoms with Crippen LogP contribution in [-0.2, 0) is 6.54 Å². The van der Waals surface area contributed by atoms with Gasteiger partial charge in [-0.1, -0.05) is 76.7 Å². The second-order valence-electron chi connectivity index (χ2n) is 10.5. The summed E-state index contributed by atoms with van der Waals surface area (Å²) in [5.74, 6) is -0.0662. The van der Waals surface area contributed by atoms with Crippen LogP contribution in [0.3, 0.4) is 0 Å².